The number of hydrogen-bond donors (Lipinski definition) is 1. The summed E-state index contributed by atoms with van der Waals surface area (Å²) >= 11 is 0. The summed E-state index contributed by atoms with van der Waals surface area (Å²) in [4.78, 5) is 0. The molecule has 0 saturated carbocycles. The van der Waals surface area contributed by atoms with Crippen molar-refractivity contribution in [3.63, 3.8) is 0 Å². The van der Waals surface area contributed by atoms with Crippen LogP contribution < -0.4 is 15.2 Å². The van der Waals surface area contributed by atoms with Gasteiger partial charge in [-0.2, -0.15) is 0 Å². The lowest BCUT2D eigenvalue weighted by molar-refractivity contribution is 0.198. The lowest BCUT2D eigenvalue weighted by Gasteiger charge is -2.20. The van der Waals surface area contributed by atoms with Crippen LogP contribution in [0.5, 0.6) is 11.5 Å². The molecule has 0 aliphatic carbocycles. The Morgan fingerprint density at radius 1 is 1.05 bits per heavy atom. The summed E-state index contributed by atoms with van der Waals surface area (Å²) in [5, 5.41) is 0. The standard InChI is InChI=1S/C18H23NO2/c1-3-11-20-16-9-4-5-10-17(16)21-18(13-19)15-8-6-7-14(2)12-15/h4-10,12,18H,3,11,13,19H2,1-2H3. The van der Waals surface area contributed by atoms with Gasteiger partial charge in [0.25, 0.3) is 0 Å². The van der Waals surface area contributed by atoms with Crippen molar-refractivity contribution in [2.45, 2.75) is 26.4 Å². The molecule has 21 heavy (non-hydrogen) atoms. The van der Waals surface area contributed by atoms with Crippen LogP contribution in [0.3, 0.4) is 0 Å². The molecule has 0 aliphatic heterocycles. The molecule has 2 rings (SSSR count). The number of ether oxygens (including phenoxy) is 2. The van der Waals surface area contributed by atoms with Crippen LogP contribution in [0.4, 0.5) is 0 Å². The highest BCUT2D eigenvalue weighted by molar-refractivity contribution is 5.40. The maximum absolute atomic E-state index is 6.08. The largest absolute Gasteiger partial charge is 0.490 e. The molecule has 3 nitrogen and oxygen atoms in total. The molecule has 2 N–H and O–H groups in total. The van der Waals surface area contributed by atoms with Gasteiger partial charge in [-0.1, -0.05) is 48.9 Å². The van der Waals surface area contributed by atoms with E-state index in [4.69, 9.17) is 15.2 Å². The zero-order valence-electron chi connectivity index (χ0n) is 12.7. The van der Waals surface area contributed by atoms with E-state index in [1.54, 1.807) is 0 Å². The van der Waals surface area contributed by atoms with E-state index in [2.05, 4.69) is 26.0 Å². The molecule has 112 valence electrons. The molecule has 2 aromatic rings. The molecule has 0 amide bonds. The first kappa shape index (κ1) is 15.4. The van der Waals surface area contributed by atoms with Crippen LogP contribution in [-0.2, 0) is 0 Å². The lowest BCUT2D eigenvalue weighted by Crippen LogP contribution is -2.19. The Labute approximate surface area is 126 Å². The molecule has 0 aliphatic rings. The second kappa shape index (κ2) is 7.70. The Kier molecular flexibility index (Phi) is 5.64. The molecule has 1 atom stereocenters. The number of para-hydroxylation sites is 2. The van der Waals surface area contributed by atoms with Crippen molar-refractivity contribution in [2.75, 3.05) is 13.2 Å². The normalized spacial score (nSPS) is 12.0. The molecule has 2 aromatic carbocycles. The highest BCUT2D eigenvalue weighted by Crippen LogP contribution is 2.31. The van der Waals surface area contributed by atoms with Crippen molar-refractivity contribution in [3.8, 4) is 11.5 Å². The minimum Gasteiger partial charge on any atom is -0.490 e. The van der Waals surface area contributed by atoms with Gasteiger partial charge in [0.05, 0.1) is 6.61 Å². The van der Waals surface area contributed by atoms with Crippen LogP contribution in [0.1, 0.15) is 30.6 Å². The van der Waals surface area contributed by atoms with Gasteiger partial charge in [-0.05, 0) is 31.0 Å². The predicted molar refractivity (Wildman–Crippen MR) is 85.8 cm³/mol. The van der Waals surface area contributed by atoms with Crippen LogP contribution in [0.15, 0.2) is 48.5 Å². The summed E-state index contributed by atoms with van der Waals surface area (Å²) in [6, 6.07) is 16.0. The first-order valence-electron chi connectivity index (χ1n) is 7.39. The van der Waals surface area contributed by atoms with Crippen LogP contribution in [0.25, 0.3) is 0 Å². The Hall–Kier alpha value is -2.00. The Bertz CT molecular complexity index is 569. The fourth-order valence-electron chi connectivity index (χ4n) is 2.15. The maximum atomic E-state index is 6.08. The monoisotopic (exact) mass is 285 g/mol. The average Bonchev–Trinajstić information content (AvgIpc) is 2.51. The van der Waals surface area contributed by atoms with Gasteiger partial charge in [0.2, 0.25) is 0 Å². The summed E-state index contributed by atoms with van der Waals surface area (Å²) in [6.45, 7) is 5.25. The van der Waals surface area contributed by atoms with Gasteiger partial charge in [0.1, 0.15) is 6.10 Å². The Morgan fingerprint density at radius 2 is 1.81 bits per heavy atom. The SMILES string of the molecule is CCCOc1ccccc1OC(CN)c1cccc(C)c1. The van der Waals surface area contributed by atoms with E-state index < -0.39 is 0 Å². The lowest BCUT2D eigenvalue weighted by atomic mass is 10.1. The van der Waals surface area contributed by atoms with Crippen LogP contribution >= 0.6 is 0 Å². The topological polar surface area (TPSA) is 44.5 Å². The number of aryl methyl sites for hydroxylation is 1. The van der Waals surface area contributed by atoms with Gasteiger partial charge >= 0.3 is 0 Å². The Morgan fingerprint density at radius 3 is 2.48 bits per heavy atom. The van der Waals surface area contributed by atoms with Crippen molar-refractivity contribution in [1.29, 1.82) is 0 Å². The molecule has 1 unspecified atom stereocenters. The number of nitrogens with two attached hydrogens (primary N) is 1. The number of benzene rings is 2. The van der Waals surface area contributed by atoms with E-state index >= 15 is 0 Å². The zero-order valence-corrected chi connectivity index (χ0v) is 12.7. The van der Waals surface area contributed by atoms with Gasteiger partial charge < -0.3 is 15.2 Å². The van der Waals surface area contributed by atoms with Crippen molar-refractivity contribution in [2.24, 2.45) is 5.73 Å². The fraction of sp³-hybridized carbons (Fsp3) is 0.333. The van der Waals surface area contributed by atoms with Gasteiger partial charge in [-0.25, -0.2) is 0 Å². The maximum Gasteiger partial charge on any atom is 0.162 e. The molecule has 0 saturated heterocycles. The zero-order chi connectivity index (χ0) is 15.1. The van der Waals surface area contributed by atoms with Gasteiger partial charge in [0.15, 0.2) is 11.5 Å². The van der Waals surface area contributed by atoms with E-state index in [1.807, 2.05) is 36.4 Å². The van der Waals surface area contributed by atoms with E-state index in [0.29, 0.717) is 13.2 Å². The van der Waals surface area contributed by atoms with Gasteiger partial charge in [0, 0.05) is 6.54 Å². The summed E-state index contributed by atoms with van der Waals surface area (Å²) < 4.78 is 11.8. The van der Waals surface area contributed by atoms with Crippen molar-refractivity contribution >= 4 is 0 Å². The van der Waals surface area contributed by atoms with Crippen molar-refractivity contribution in [1.82, 2.24) is 0 Å². The molecule has 0 spiro atoms. The van der Waals surface area contributed by atoms with Crippen LogP contribution in [0.2, 0.25) is 0 Å². The summed E-state index contributed by atoms with van der Waals surface area (Å²) in [5.41, 5.74) is 8.17. The van der Waals surface area contributed by atoms with Crippen molar-refractivity contribution < 1.29 is 9.47 Å². The predicted octanol–water partition coefficient (Wildman–Crippen LogP) is 3.86. The highest BCUT2D eigenvalue weighted by atomic mass is 16.5. The second-order valence-corrected chi connectivity index (χ2v) is 5.05. The molecule has 0 bridgehead atoms. The third kappa shape index (κ3) is 4.23. The van der Waals surface area contributed by atoms with Gasteiger partial charge in [-0.15, -0.1) is 0 Å². The molecule has 0 radical (unpaired) electrons. The minimum absolute atomic E-state index is 0.170. The summed E-state index contributed by atoms with van der Waals surface area (Å²) in [6.07, 6.45) is 0.795. The smallest absolute Gasteiger partial charge is 0.162 e. The summed E-state index contributed by atoms with van der Waals surface area (Å²) in [5.74, 6) is 1.51. The van der Waals surface area contributed by atoms with E-state index in [-0.39, 0.29) is 6.10 Å². The third-order valence-corrected chi connectivity index (χ3v) is 3.21. The van der Waals surface area contributed by atoms with Crippen LogP contribution in [0, 0.1) is 6.92 Å². The molecule has 0 heterocycles. The minimum atomic E-state index is -0.170. The molecule has 0 fully saturated rings. The first-order chi connectivity index (χ1) is 10.2. The van der Waals surface area contributed by atoms with Crippen LogP contribution in [-0.4, -0.2) is 13.2 Å². The first-order valence-corrected chi connectivity index (χ1v) is 7.39. The summed E-state index contributed by atoms with van der Waals surface area (Å²) in [7, 11) is 0. The second-order valence-electron chi connectivity index (χ2n) is 5.05. The van der Waals surface area contributed by atoms with Crippen molar-refractivity contribution in [3.05, 3.63) is 59.7 Å². The molecule has 0 aromatic heterocycles. The average molecular weight is 285 g/mol. The number of hydrogen-bond acceptors (Lipinski definition) is 3. The fourth-order valence-corrected chi connectivity index (χ4v) is 2.15. The molecule has 3 heteroatoms. The quantitative estimate of drug-likeness (QED) is 0.840. The van der Waals surface area contributed by atoms with E-state index in [9.17, 15) is 0 Å². The van der Waals surface area contributed by atoms with E-state index in [1.165, 1.54) is 5.56 Å². The van der Waals surface area contributed by atoms with E-state index in [0.717, 1.165) is 23.5 Å². The molecular weight excluding hydrogens is 262 g/mol. The highest BCUT2D eigenvalue weighted by Gasteiger charge is 2.14. The molecular formula is C18H23NO2. The Balaban J connectivity index is 2.18. The number of rotatable bonds is 7. The third-order valence-electron chi connectivity index (χ3n) is 3.21. The van der Waals surface area contributed by atoms with Gasteiger partial charge in [-0.3, -0.25) is 0 Å².